The van der Waals surface area contributed by atoms with Gasteiger partial charge in [-0.3, -0.25) is 0 Å². The second-order valence-electron chi connectivity index (χ2n) is 9.94. The molecule has 0 bridgehead atoms. The monoisotopic (exact) mass is 450 g/mol. The van der Waals surface area contributed by atoms with Gasteiger partial charge in [-0.05, 0) is 97.6 Å². The maximum absolute atomic E-state index is 10.8. The number of rotatable bonds is 12. The summed E-state index contributed by atoms with van der Waals surface area (Å²) in [6.45, 7) is 10.5. The first-order valence-electron chi connectivity index (χ1n) is 12.2. The van der Waals surface area contributed by atoms with Crippen molar-refractivity contribution in [2.75, 3.05) is 0 Å². The Morgan fingerprint density at radius 2 is 1.39 bits per heavy atom. The van der Waals surface area contributed by atoms with Crippen LogP contribution in [-0.4, -0.2) is 20.9 Å². The van der Waals surface area contributed by atoms with Crippen molar-refractivity contribution < 1.29 is 15.3 Å². The van der Waals surface area contributed by atoms with Crippen molar-refractivity contribution in [2.24, 2.45) is 0 Å². The number of phenols is 2. The number of aryl methyl sites for hydroxylation is 1. The lowest BCUT2D eigenvalue weighted by molar-refractivity contribution is 0.0431. The molecule has 0 heterocycles. The van der Waals surface area contributed by atoms with Gasteiger partial charge in [0.2, 0.25) is 0 Å². The van der Waals surface area contributed by atoms with Crippen LogP contribution >= 0.6 is 0 Å². The number of benzene rings is 2. The van der Waals surface area contributed by atoms with E-state index < -0.39 is 5.60 Å². The van der Waals surface area contributed by atoms with Crippen molar-refractivity contribution in [1.29, 1.82) is 0 Å². The first-order chi connectivity index (χ1) is 15.6. The van der Waals surface area contributed by atoms with Gasteiger partial charge in [0.25, 0.3) is 0 Å². The Morgan fingerprint density at radius 3 is 2.03 bits per heavy atom. The van der Waals surface area contributed by atoms with Gasteiger partial charge in [-0.2, -0.15) is 0 Å². The minimum Gasteiger partial charge on any atom is -0.507 e. The Bertz CT molecular complexity index is 1000. The first kappa shape index (κ1) is 26.7. The summed E-state index contributed by atoms with van der Waals surface area (Å²) in [5, 5.41) is 33.0. The van der Waals surface area contributed by atoms with E-state index in [1.807, 2.05) is 19.1 Å². The fourth-order valence-corrected chi connectivity index (χ4v) is 4.09. The zero-order chi connectivity index (χ0) is 24.4. The van der Waals surface area contributed by atoms with Gasteiger partial charge in [0.15, 0.2) is 0 Å². The summed E-state index contributed by atoms with van der Waals surface area (Å²) in [4.78, 5) is 0. The molecule has 0 saturated heterocycles. The SMILES string of the molecule is CC(C)=CCCC(C)=CCCC(C)=CCCC(C)(O)CCc1cc(O)c2ccccc2c1O. The highest BCUT2D eigenvalue weighted by Gasteiger charge is 2.21. The van der Waals surface area contributed by atoms with Crippen LogP contribution in [0.3, 0.4) is 0 Å². The molecule has 0 aromatic heterocycles. The van der Waals surface area contributed by atoms with Crippen LogP contribution in [0.25, 0.3) is 10.8 Å². The highest BCUT2D eigenvalue weighted by molar-refractivity contribution is 5.93. The number of aliphatic hydroxyl groups is 1. The Kier molecular flexibility index (Phi) is 10.2. The number of allylic oxidation sites excluding steroid dienone is 6. The number of phenolic OH excluding ortho intramolecular Hbond substituents is 2. The lowest BCUT2D eigenvalue weighted by atomic mass is 9.90. The average Bonchev–Trinajstić information content (AvgIpc) is 2.75. The van der Waals surface area contributed by atoms with Crippen LogP contribution in [-0.2, 0) is 6.42 Å². The molecule has 0 saturated carbocycles. The quantitative estimate of drug-likeness (QED) is 0.226. The van der Waals surface area contributed by atoms with Crippen LogP contribution in [0, 0.1) is 0 Å². The van der Waals surface area contributed by atoms with E-state index in [9.17, 15) is 15.3 Å². The smallest absolute Gasteiger partial charge is 0.126 e. The molecule has 0 aliphatic rings. The van der Waals surface area contributed by atoms with Crippen LogP contribution in [0.5, 0.6) is 11.5 Å². The van der Waals surface area contributed by atoms with E-state index in [2.05, 4.69) is 45.9 Å². The second kappa shape index (κ2) is 12.6. The summed E-state index contributed by atoms with van der Waals surface area (Å²) < 4.78 is 0. The average molecular weight is 451 g/mol. The number of aromatic hydroxyl groups is 2. The first-order valence-corrected chi connectivity index (χ1v) is 12.2. The molecule has 2 aromatic carbocycles. The van der Waals surface area contributed by atoms with Crippen molar-refractivity contribution in [2.45, 2.75) is 91.6 Å². The predicted molar refractivity (Wildman–Crippen MR) is 141 cm³/mol. The molecule has 3 N–H and O–H groups in total. The summed E-state index contributed by atoms with van der Waals surface area (Å²) in [5.41, 5.74) is 4.03. The predicted octanol–water partition coefficient (Wildman–Crippen LogP) is 8.13. The number of fused-ring (bicyclic) bond motifs is 1. The van der Waals surface area contributed by atoms with Gasteiger partial charge >= 0.3 is 0 Å². The van der Waals surface area contributed by atoms with Crippen molar-refractivity contribution >= 4 is 10.8 Å². The maximum Gasteiger partial charge on any atom is 0.126 e. The van der Waals surface area contributed by atoms with E-state index in [1.54, 1.807) is 18.2 Å². The van der Waals surface area contributed by atoms with Crippen molar-refractivity contribution in [1.82, 2.24) is 0 Å². The van der Waals surface area contributed by atoms with Crippen LogP contribution in [0.2, 0.25) is 0 Å². The summed E-state index contributed by atoms with van der Waals surface area (Å²) in [7, 11) is 0. The van der Waals surface area contributed by atoms with E-state index in [-0.39, 0.29) is 11.5 Å². The molecule has 0 spiro atoms. The van der Waals surface area contributed by atoms with E-state index in [1.165, 1.54) is 16.7 Å². The molecule has 180 valence electrons. The largest absolute Gasteiger partial charge is 0.507 e. The van der Waals surface area contributed by atoms with Crippen LogP contribution in [0.4, 0.5) is 0 Å². The van der Waals surface area contributed by atoms with Crippen LogP contribution < -0.4 is 0 Å². The minimum absolute atomic E-state index is 0.165. The summed E-state index contributed by atoms with van der Waals surface area (Å²) in [6.07, 6.45) is 13.8. The summed E-state index contributed by atoms with van der Waals surface area (Å²) in [6, 6.07) is 8.90. The standard InChI is InChI=1S/C30H42O3/c1-22(2)11-8-12-23(3)13-9-14-24(4)15-10-19-30(5,33)20-18-25-21-28(31)26-16-6-7-17-27(26)29(25)32/h6-7,11,13,15-17,21,31-33H,8-10,12,14,18-20H2,1-5H3. The van der Waals surface area contributed by atoms with E-state index in [0.29, 0.717) is 35.6 Å². The Labute approximate surface area is 200 Å². The third-order valence-electron chi connectivity index (χ3n) is 6.30. The third-order valence-corrected chi connectivity index (χ3v) is 6.30. The fraction of sp³-hybridized carbons (Fsp3) is 0.467. The van der Waals surface area contributed by atoms with Gasteiger partial charge in [0, 0.05) is 10.8 Å². The van der Waals surface area contributed by atoms with Gasteiger partial charge in [-0.1, -0.05) is 59.2 Å². The topological polar surface area (TPSA) is 60.7 Å². The van der Waals surface area contributed by atoms with Gasteiger partial charge in [-0.25, -0.2) is 0 Å². The zero-order valence-corrected chi connectivity index (χ0v) is 21.1. The Balaban J connectivity index is 1.81. The molecule has 2 rings (SSSR count). The number of hydrogen-bond donors (Lipinski definition) is 3. The van der Waals surface area contributed by atoms with E-state index in [4.69, 9.17) is 0 Å². The van der Waals surface area contributed by atoms with E-state index >= 15 is 0 Å². The molecule has 0 radical (unpaired) electrons. The van der Waals surface area contributed by atoms with Crippen molar-refractivity contribution in [3.05, 3.63) is 70.8 Å². The zero-order valence-electron chi connectivity index (χ0n) is 21.1. The van der Waals surface area contributed by atoms with Gasteiger partial charge in [0.1, 0.15) is 11.5 Å². The van der Waals surface area contributed by atoms with Gasteiger partial charge in [-0.15, -0.1) is 0 Å². The fourth-order valence-electron chi connectivity index (χ4n) is 4.09. The molecule has 2 aromatic rings. The molecule has 0 amide bonds. The molecule has 1 unspecified atom stereocenters. The van der Waals surface area contributed by atoms with Gasteiger partial charge in [0.05, 0.1) is 5.60 Å². The molecule has 1 atom stereocenters. The van der Waals surface area contributed by atoms with Crippen LogP contribution in [0.1, 0.15) is 85.1 Å². The summed E-state index contributed by atoms with van der Waals surface area (Å²) >= 11 is 0. The van der Waals surface area contributed by atoms with E-state index in [0.717, 1.165) is 32.1 Å². The third kappa shape index (κ3) is 9.09. The highest BCUT2D eigenvalue weighted by Crippen LogP contribution is 2.36. The summed E-state index contributed by atoms with van der Waals surface area (Å²) in [5.74, 6) is 0.358. The molecule has 0 aliphatic heterocycles. The Morgan fingerprint density at radius 1 is 0.818 bits per heavy atom. The lowest BCUT2D eigenvalue weighted by Crippen LogP contribution is -2.24. The second-order valence-corrected chi connectivity index (χ2v) is 9.94. The molecule has 0 fully saturated rings. The number of hydrogen-bond acceptors (Lipinski definition) is 3. The molecular weight excluding hydrogens is 408 g/mol. The van der Waals surface area contributed by atoms with Gasteiger partial charge < -0.3 is 15.3 Å². The molecule has 33 heavy (non-hydrogen) atoms. The maximum atomic E-state index is 10.8. The molecule has 3 nitrogen and oxygen atoms in total. The molecular formula is C30H42O3. The minimum atomic E-state index is -0.827. The van der Waals surface area contributed by atoms with Crippen molar-refractivity contribution in [3.8, 4) is 11.5 Å². The lowest BCUT2D eigenvalue weighted by Gasteiger charge is -2.23. The molecule has 0 aliphatic carbocycles. The molecule has 3 heteroatoms. The van der Waals surface area contributed by atoms with Crippen molar-refractivity contribution in [3.63, 3.8) is 0 Å². The highest BCUT2D eigenvalue weighted by atomic mass is 16.3. The van der Waals surface area contributed by atoms with Crippen LogP contribution in [0.15, 0.2) is 65.3 Å². The Hall–Kier alpha value is -2.52. The normalized spacial score (nSPS) is 14.4.